The van der Waals surface area contributed by atoms with Gasteiger partial charge in [0.1, 0.15) is 0 Å². The van der Waals surface area contributed by atoms with Crippen LogP contribution in [0.15, 0.2) is 12.2 Å². The van der Waals surface area contributed by atoms with Gasteiger partial charge >= 0.3 is 0 Å². The molecule has 2 bridgehead atoms. The fourth-order valence-electron chi connectivity index (χ4n) is 2.29. The van der Waals surface area contributed by atoms with Gasteiger partial charge in [-0.05, 0) is 0 Å². The van der Waals surface area contributed by atoms with Crippen LogP contribution in [0.3, 0.4) is 0 Å². The van der Waals surface area contributed by atoms with Crippen LogP contribution in [-0.4, -0.2) is 34.3 Å². The van der Waals surface area contributed by atoms with Crippen LogP contribution in [0.2, 0.25) is 0 Å². The van der Waals surface area contributed by atoms with Crippen molar-refractivity contribution in [3.8, 4) is 0 Å². The molecule has 0 spiro atoms. The lowest BCUT2D eigenvalue weighted by molar-refractivity contribution is -0.175. The highest BCUT2D eigenvalue weighted by atomic mass is 16.5. The Morgan fingerprint density at radius 1 is 1.15 bits per heavy atom. The van der Waals surface area contributed by atoms with E-state index < -0.39 is 23.7 Å². The molecule has 3 rings (SSSR count). The second-order valence-electron chi connectivity index (χ2n) is 3.49. The van der Waals surface area contributed by atoms with Gasteiger partial charge in [-0.2, -0.15) is 5.06 Å². The van der Waals surface area contributed by atoms with Crippen molar-refractivity contribution in [1.29, 1.82) is 0 Å². The Morgan fingerprint density at radius 3 is 2.08 bits per heavy atom. The van der Waals surface area contributed by atoms with Crippen molar-refractivity contribution in [2.75, 3.05) is 0 Å². The minimum atomic E-state index is -0.535. The maximum absolute atomic E-state index is 11.3. The second-order valence-corrected chi connectivity index (χ2v) is 3.49. The van der Waals surface area contributed by atoms with Crippen LogP contribution in [0, 0.1) is 11.8 Å². The van der Waals surface area contributed by atoms with Gasteiger partial charge in [0.15, 0.2) is 0 Å². The average molecular weight is 181 g/mol. The molecule has 2 amide bonds. The highest BCUT2D eigenvalue weighted by Gasteiger charge is 2.60. The van der Waals surface area contributed by atoms with E-state index in [1.807, 2.05) is 0 Å². The molecule has 4 atom stereocenters. The van der Waals surface area contributed by atoms with Crippen molar-refractivity contribution < 1.29 is 19.5 Å². The van der Waals surface area contributed by atoms with Crippen molar-refractivity contribution in [3.63, 3.8) is 0 Å². The molecule has 5 nitrogen and oxygen atoms in total. The number of carbonyl (C=O) groups is 2. The SMILES string of the molecule is O=C1[C@H]2[C@H](C(=O)N1O)[C@H]1C=C[C@H]2O1. The Hall–Kier alpha value is -1.20. The predicted octanol–water partition coefficient (Wildman–Crippen LogP) is -0.686. The number of hydrogen-bond acceptors (Lipinski definition) is 4. The number of nitrogens with zero attached hydrogens (tertiary/aromatic N) is 1. The summed E-state index contributed by atoms with van der Waals surface area (Å²) in [6.07, 6.45) is 2.92. The van der Waals surface area contributed by atoms with E-state index in [2.05, 4.69) is 0 Å². The highest BCUT2D eigenvalue weighted by molar-refractivity contribution is 6.05. The molecule has 3 aliphatic heterocycles. The maximum atomic E-state index is 11.3. The minimum Gasteiger partial charge on any atom is -0.365 e. The van der Waals surface area contributed by atoms with E-state index in [0.717, 1.165) is 0 Å². The zero-order valence-electron chi connectivity index (χ0n) is 6.58. The van der Waals surface area contributed by atoms with Crippen LogP contribution in [0.25, 0.3) is 0 Å². The monoisotopic (exact) mass is 181 g/mol. The molecule has 13 heavy (non-hydrogen) atoms. The van der Waals surface area contributed by atoms with E-state index in [4.69, 9.17) is 9.94 Å². The molecule has 0 aliphatic carbocycles. The van der Waals surface area contributed by atoms with E-state index in [0.29, 0.717) is 0 Å². The zero-order chi connectivity index (χ0) is 9.16. The van der Waals surface area contributed by atoms with Crippen molar-refractivity contribution in [2.24, 2.45) is 11.8 Å². The first-order chi connectivity index (χ1) is 6.20. The largest absolute Gasteiger partial charge is 0.365 e. The summed E-state index contributed by atoms with van der Waals surface area (Å²) >= 11 is 0. The maximum Gasteiger partial charge on any atom is 0.260 e. The Balaban J connectivity index is 2.08. The number of hydrogen-bond donors (Lipinski definition) is 1. The van der Waals surface area contributed by atoms with E-state index >= 15 is 0 Å². The third kappa shape index (κ3) is 0.653. The lowest BCUT2D eigenvalue weighted by atomic mass is 9.85. The number of carbonyl (C=O) groups excluding carboxylic acids is 2. The highest BCUT2D eigenvalue weighted by Crippen LogP contribution is 2.44. The third-order valence-corrected chi connectivity index (χ3v) is 2.89. The standard InChI is InChI=1S/C8H7NO4/c10-7-5-3-1-2-4(13-3)6(5)8(11)9(7)12/h1-6,12H/t3-,4-,5-,6-/m1/s1. The molecule has 68 valence electrons. The molecule has 2 fully saturated rings. The minimum absolute atomic E-state index is 0.227. The lowest BCUT2D eigenvalue weighted by Crippen LogP contribution is -2.31. The first kappa shape index (κ1) is 7.23. The van der Waals surface area contributed by atoms with Crippen molar-refractivity contribution in [2.45, 2.75) is 12.2 Å². The predicted molar refractivity (Wildman–Crippen MR) is 38.4 cm³/mol. The summed E-state index contributed by atoms with van der Waals surface area (Å²) in [6, 6.07) is 0. The van der Waals surface area contributed by atoms with Gasteiger partial charge in [0.25, 0.3) is 11.8 Å². The number of hydroxylamine groups is 2. The van der Waals surface area contributed by atoms with E-state index in [9.17, 15) is 9.59 Å². The molecule has 0 aromatic rings. The fourth-order valence-corrected chi connectivity index (χ4v) is 2.29. The number of amides is 2. The van der Waals surface area contributed by atoms with Crippen LogP contribution >= 0.6 is 0 Å². The molecule has 0 radical (unpaired) electrons. The first-order valence-corrected chi connectivity index (χ1v) is 4.10. The molecule has 0 aromatic heterocycles. The van der Waals surface area contributed by atoms with Gasteiger partial charge in [-0.3, -0.25) is 14.8 Å². The molecule has 1 N–H and O–H groups in total. The number of rotatable bonds is 0. The smallest absolute Gasteiger partial charge is 0.260 e. The topological polar surface area (TPSA) is 66.8 Å². The van der Waals surface area contributed by atoms with Crippen LogP contribution in [0.4, 0.5) is 0 Å². The van der Waals surface area contributed by atoms with Crippen LogP contribution in [0.5, 0.6) is 0 Å². The van der Waals surface area contributed by atoms with Gasteiger partial charge in [-0.15, -0.1) is 0 Å². The second kappa shape index (κ2) is 2.00. The molecule has 5 heteroatoms. The van der Waals surface area contributed by atoms with Gasteiger partial charge in [0.05, 0.1) is 24.0 Å². The fraction of sp³-hybridized carbons (Fsp3) is 0.500. The third-order valence-electron chi connectivity index (χ3n) is 2.89. The zero-order valence-corrected chi connectivity index (χ0v) is 6.58. The summed E-state index contributed by atoms with van der Waals surface area (Å²) in [4.78, 5) is 22.7. The molecule has 2 saturated heterocycles. The van der Waals surface area contributed by atoms with Crippen LogP contribution in [-0.2, 0) is 14.3 Å². The van der Waals surface area contributed by atoms with Crippen molar-refractivity contribution in [3.05, 3.63) is 12.2 Å². The Bertz CT molecular complexity index is 307. The molecule has 0 unspecified atom stereocenters. The Kier molecular flexibility index (Phi) is 1.11. The number of imide groups is 1. The van der Waals surface area contributed by atoms with E-state index in [-0.39, 0.29) is 17.3 Å². The number of fused-ring (bicyclic) bond motifs is 5. The molecule has 3 heterocycles. The molecular weight excluding hydrogens is 174 g/mol. The first-order valence-electron chi connectivity index (χ1n) is 4.10. The summed E-state index contributed by atoms with van der Waals surface area (Å²) in [6.45, 7) is 0. The average Bonchev–Trinajstić information content (AvgIpc) is 2.76. The van der Waals surface area contributed by atoms with Gasteiger partial charge in [0.2, 0.25) is 0 Å². The van der Waals surface area contributed by atoms with Crippen molar-refractivity contribution >= 4 is 11.8 Å². The molecular formula is C8H7NO4. The lowest BCUT2D eigenvalue weighted by Gasteiger charge is -2.09. The summed E-state index contributed by atoms with van der Waals surface area (Å²) in [5.74, 6) is -2.06. The summed E-state index contributed by atoms with van der Waals surface area (Å²) in [5, 5.41) is 9.31. The molecule has 3 aliphatic rings. The van der Waals surface area contributed by atoms with Crippen LogP contribution < -0.4 is 0 Å². The van der Waals surface area contributed by atoms with Crippen molar-refractivity contribution in [1.82, 2.24) is 5.06 Å². The molecule has 0 saturated carbocycles. The van der Waals surface area contributed by atoms with Gasteiger partial charge < -0.3 is 4.74 Å². The van der Waals surface area contributed by atoms with Crippen LogP contribution in [0.1, 0.15) is 0 Å². The van der Waals surface area contributed by atoms with E-state index in [1.165, 1.54) is 0 Å². The summed E-state index contributed by atoms with van der Waals surface area (Å²) in [7, 11) is 0. The Labute approximate surface area is 73.5 Å². The number of ether oxygens (including phenoxy) is 1. The summed E-state index contributed by atoms with van der Waals surface area (Å²) < 4.78 is 5.34. The van der Waals surface area contributed by atoms with Gasteiger partial charge in [-0.25, -0.2) is 0 Å². The summed E-state index contributed by atoms with van der Waals surface area (Å²) in [5.41, 5.74) is 0. The Morgan fingerprint density at radius 2 is 1.62 bits per heavy atom. The van der Waals surface area contributed by atoms with E-state index in [1.54, 1.807) is 12.2 Å². The molecule has 0 aromatic carbocycles. The normalized spacial score (nSPS) is 46.4. The van der Waals surface area contributed by atoms with Gasteiger partial charge in [-0.1, -0.05) is 12.2 Å². The quantitative estimate of drug-likeness (QED) is 0.305. The van der Waals surface area contributed by atoms with Gasteiger partial charge in [0, 0.05) is 0 Å².